The first-order chi connectivity index (χ1) is 12.5. The van der Waals surface area contributed by atoms with Gasteiger partial charge < -0.3 is 4.90 Å². The smallest absolute Gasteiger partial charge is 0.258 e. The van der Waals surface area contributed by atoms with Gasteiger partial charge in [-0.1, -0.05) is 6.07 Å². The summed E-state index contributed by atoms with van der Waals surface area (Å²) in [6.07, 6.45) is 0. The van der Waals surface area contributed by atoms with Crippen molar-refractivity contribution in [3.05, 3.63) is 58.1 Å². The molecule has 0 heterocycles. The lowest BCUT2D eigenvalue weighted by Gasteiger charge is -2.23. The molecule has 0 bridgehead atoms. The van der Waals surface area contributed by atoms with E-state index in [2.05, 4.69) is 6.07 Å². The van der Waals surface area contributed by atoms with Crippen molar-refractivity contribution in [3.8, 4) is 0 Å². The second kappa shape index (κ2) is 7.82. The van der Waals surface area contributed by atoms with Crippen LogP contribution in [0.3, 0.4) is 0 Å². The highest BCUT2D eigenvalue weighted by Crippen LogP contribution is 2.26. The summed E-state index contributed by atoms with van der Waals surface area (Å²) >= 11 is 0. The summed E-state index contributed by atoms with van der Waals surface area (Å²) in [7, 11) is -0.649. The van der Waals surface area contributed by atoms with Crippen LogP contribution < -0.4 is 4.90 Å². The summed E-state index contributed by atoms with van der Waals surface area (Å²) < 4.78 is 26.5. The Morgan fingerprint density at radius 1 is 0.926 bits per heavy atom. The fourth-order valence-electron chi connectivity index (χ4n) is 3.12. The van der Waals surface area contributed by atoms with E-state index in [1.54, 1.807) is 17.9 Å². The Kier molecular flexibility index (Phi) is 6.12. The van der Waals surface area contributed by atoms with E-state index in [0.717, 1.165) is 22.4 Å². The van der Waals surface area contributed by atoms with Crippen molar-refractivity contribution in [1.82, 2.24) is 4.31 Å². The minimum absolute atomic E-state index is 0.173. The molecule has 0 aliphatic rings. The molecule has 0 fully saturated rings. The molecule has 0 atom stereocenters. The third-order valence-corrected chi connectivity index (χ3v) is 6.65. The Bertz CT molecular complexity index is 959. The number of carbonyl (C=O) groups excluding carboxylic acids is 1. The molecule has 27 heavy (non-hydrogen) atoms. The average molecular weight is 389 g/mol. The zero-order valence-electron chi connectivity index (χ0n) is 17.1. The molecule has 6 heteroatoms. The van der Waals surface area contributed by atoms with Crippen LogP contribution in [0.1, 0.15) is 39.5 Å². The van der Waals surface area contributed by atoms with Gasteiger partial charge in [0, 0.05) is 31.9 Å². The predicted octanol–water partition coefficient (Wildman–Crippen LogP) is 3.84. The molecule has 0 saturated heterocycles. The van der Waals surface area contributed by atoms with E-state index in [9.17, 15) is 13.2 Å². The zero-order valence-corrected chi connectivity index (χ0v) is 17.9. The second-order valence-electron chi connectivity index (χ2n) is 7.10. The van der Waals surface area contributed by atoms with Crippen LogP contribution in [0.5, 0.6) is 0 Å². The van der Waals surface area contributed by atoms with Gasteiger partial charge in [0.15, 0.2) is 0 Å². The number of nitrogens with zero attached hydrogens (tertiary/aromatic N) is 2. The van der Waals surface area contributed by atoms with Crippen LogP contribution in [0, 0.1) is 27.7 Å². The van der Waals surface area contributed by atoms with Crippen LogP contribution >= 0.6 is 0 Å². The molecule has 0 aromatic heterocycles. The van der Waals surface area contributed by atoms with Crippen LogP contribution in [0.25, 0.3) is 0 Å². The third kappa shape index (κ3) is 4.22. The zero-order chi connectivity index (χ0) is 20.5. The van der Waals surface area contributed by atoms with Crippen LogP contribution in [0.4, 0.5) is 5.69 Å². The van der Waals surface area contributed by atoms with Gasteiger partial charge in [0.05, 0.1) is 4.90 Å². The second-order valence-corrected chi connectivity index (χ2v) is 9.22. The van der Waals surface area contributed by atoms with E-state index in [-0.39, 0.29) is 10.8 Å². The monoisotopic (exact) mass is 388 g/mol. The number of amides is 1. The number of carbonyl (C=O) groups is 1. The topological polar surface area (TPSA) is 57.7 Å². The summed E-state index contributed by atoms with van der Waals surface area (Å²) in [5.74, 6) is -0.208. The van der Waals surface area contributed by atoms with Gasteiger partial charge in [0.25, 0.3) is 5.91 Å². The number of rotatable bonds is 5. The van der Waals surface area contributed by atoms with Crippen LogP contribution in [-0.4, -0.2) is 39.3 Å². The highest BCUT2D eigenvalue weighted by Gasteiger charge is 2.25. The standard InChI is InChI=1S/C21H28N2O3S/c1-8-23(19-10-14(2)9-15(3)11-19)21(24)18-12-16(4)17(5)20(13-18)27(25,26)22(6)7/h9-13H,8H2,1-7H3. The van der Waals surface area contributed by atoms with Crippen LogP contribution in [0.2, 0.25) is 0 Å². The molecule has 1 amide bonds. The van der Waals surface area contributed by atoms with E-state index in [1.165, 1.54) is 24.5 Å². The fourth-order valence-corrected chi connectivity index (χ4v) is 4.34. The number of benzene rings is 2. The molecule has 2 rings (SSSR count). The Morgan fingerprint density at radius 3 is 1.96 bits per heavy atom. The van der Waals surface area contributed by atoms with Gasteiger partial charge in [0.1, 0.15) is 0 Å². The number of hydrogen-bond donors (Lipinski definition) is 0. The van der Waals surface area contributed by atoms with Gasteiger partial charge in [-0.3, -0.25) is 4.79 Å². The van der Waals surface area contributed by atoms with Crippen molar-refractivity contribution in [2.45, 2.75) is 39.5 Å². The van der Waals surface area contributed by atoms with E-state index in [4.69, 9.17) is 0 Å². The summed E-state index contributed by atoms with van der Waals surface area (Å²) in [4.78, 5) is 15.1. The largest absolute Gasteiger partial charge is 0.309 e. The molecular formula is C21H28N2O3S. The highest BCUT2D eigenvalue weighted by molar-refractivity contribution is 7.89. The predicted molar refractivity (Wildman–Crippen MR) is 110 cm³/mol. The van der Waals surface area contributed by atoms with Crippen molar-refractivity contribution >= 4 is 21.6 Å². The Labute approximate surface area is 162 Å². The summed E-state index contributed by atoms with van der Waals surface area (Å²) in [5.41, 5.74) is 4.78. The number of hydrogen-bond acceptors (Lipinski definition) is 3. The quantitative estimate of drug-likeness (QED) is 0.782. The van der Waals surface area contributed by atoms with Crippen molar-refractivity contribution in [2.75, 3.05) is 25.5 Å². The Hall–Kier alpha value is -2.18. The van der Waals surface area contributed by atoms with Gasteiger partial charge in [-0.25, -0.2) is 12.7 Å². The van der Waals surface area contributed by atoms with E-state index >= 15 is 0 Å². The lowest BCUT2D eigenvalue weighted by molar-refractivity contribution is 0.0988. The molecule has 0 unspecified atom stereocenters. The molecule has 146 valence electrons. The molecule has 0 aliphatic heterocycles. The Morgan fingerprint density at radius 2 is 1.48 bits per heavy atom. The maximum atomic E-state index is 13.2. The van der Waals surface area contributed by atoms with Crippen LogP contribution in [0.15, 0.2) is 35.2 Å². The first-order valence-corrected chi connectivity index (χ1v) is 10.4. The highest BCUT2D eigenvalue weighted by atomic mass is 32.2. The molecule has 0 saturated carbocycles. The molecule has 2 aromatic carbocycles. The SMILES string of the molecule is CCN(C(=O)c1cc(C)c(C)c(S(=O)(=O)N(C)C)c1)c1cc(C)cc(C)c1. The molecule has 0 radical (unpaired) electrons. The molecule has 0 aliphatic carbocycles. The van der Waals surface area contributed by atoms with E-state index in [1.807, 2.05) is 39.8 Å². The molecule has 0 spiro atoms. The van der Waals surface area contributed by atoms with Crippen molar-refractivity contribution in [3.63, 3.8) is 0 Å². The third-order valence-electron chi connectivity index (χ3n) is 4.70. The van der Waals surface area contributed by atoms with E-state index in [0.29, 0.717) is 17.7 Å². The fraction of sp³-hybridized carbons (Fsp3) is 0.381. The van der Waals surface area contributed by atoms with E-state index < -0.39 is 10.0 Å². The number of anilines is 1. The van der Waals surface area contributed by atoms with Gasteiger partial charge in [-0.15, -0.1) is 0 Å². The van der Waals surface area contributed by atoms with Gasteiger partial charge in [-0.05, 0) is 81.1 Å². The lowest BCUT2D eigenvalue weighted by atomic mass is 10.0. The van der Waals surface area contributed by atoms with Crippen molar-refractivity contribution < 1.29 is 13.2 Å². The van der Waals surface area contributed by atoms with Gasteiger partial charge in [-0.2, -0.15) is 0 Å². The first-order valence-electron chi connectivity index (χ1n) is 8.93. The molecular weight excluding hydrogens is 360 g/mol. The number of aryl methyl sites for hydroxylation is 3. The van der Waals surface area contributed by atoms with Crippen LogP contribution in [-0.2, 0) is 10.0 Å². The average Bonchev–Trinajstić information content (AvgIpc) is 2.56. The minimum atomic E-state index is -3.63. The Balaban J connectivity index is 2.59. The molecule has 5 nitrogen and oxygen atoms in total. The summed E-state index contributed by atoms with van der Waals surface area (Å²) in [6, 6.07) is 9.24. The summed E-state index contributed by atoms with van der Waals surface area (Å²) in [6.45, 7) is 9.98. The molecule has 0 N–H and O–H groups in total. The van der Waals surface area contributed by atoms with Crippen molar-refractivity contribution in [2.24, 2.45) is 0 Å². The maximum absolute atomic E-state index is 13.2. The van der Waals surface area contributed by atoms with Gasteiger partial charge >= 0.3 is 0 Å². The minimum Gasteiger partial charge on any atom is -0.309 e. The lowest BCUT2D eigenvalue weighted by Crippen LogP contribution is -2.31. The molecule has 2 aromatic rings. The maximum Gasteiger partial charge on any atom is 0.258 e. The first kappa shape index (κ1) is 21.1. The summed E-state index contributed by atoms with van der Waals surface area (Å²) in [5, 5.41) is 0. The van der Waals surface area contributed by atoms with Gasteiger partial charge in [0.2, 0.25) is 10.0 Å². The number of sulfonamides is 1. The normalized spacial score (nSPS) is 11.7. The van der Waals surface area contributed by atoms with Crippen molar-refractivity contribution in [1.29, 1.82) is 0 Å².